The van der Waals surface area contributed by atoms with Crippen molar-refractivity contribution < 1.29 is 18.8 Å². The molecule has 1 spiro atoms. The third kappa shape index (κ3) is 4.05. The van der Waals surface area contributed by atoms with Crippen molar-refractivity contribution in [1.29, 1.82) is 0 Å². The standard InChI is InChI=1S/C26H22FN3O3S/c27-19-10-11-22-20(15-19)26(12-13-34-22)24(32)30(25(33)29-26)16-23(31)28-21-9-5-4-8-18(21)14-17-6-2-1-3-7-17/h1-11,15H,12-14,16H2,(H,28,31)(H,29,33). The van der Waals surface area contributed by atoms with Gasteiger partial charge in [0.1, 0.15) is 17.9 Å². The van der Waals surface area contributed by atoms with Crippen LogP contribution in [0.5, 0.6) is 0 Å². The topological polar surface area (TPSA) is 78.5 Å². The summed E-state index contributed by atoms with van der Waals surface area (Å²) < 4.78 is 14.0. The lowest BCUT2D eigenvalue weighted by Gasteiger charge is -2.32. The van der Waals surface area contributed by atoms with Gasteiger partial charge < -0.3 is 10.6 Å². The van der Waals surface area contributed by atoms with E-state index >= 15 is 0 Å². The number of para-hydroxylation sites is 1. The Kier molecular flexibility index (Phi) is 5.83. The number of carbonyl (C=O) groups is 3. The van der Waals surface area contributed by atoms with Gasteiger partial charge in [-0.3, -0.25) is 14.5 Å². The first kappa shape index (κ1) is 22.2. The minimum absolute atomic E-state index is 0.330. The molecule has 34 heavy (non-hydrogen) atoms. The number of hydrogen-bond donors (Lipinski definition) is 2. The molecule has 2 N–H and O–H groups in total. The molecular formula is C26H22FN3O3S. The predicted octanol–water partition coefficient (Wildman–Crippen LogP) is 4.30. The summed E-state index contributed by atoms with van der Waals surface area (Å²) in [5, 5.41) is 5.58. The van der Waals surface area contributed by atoms with Gasteiger partial charge in [-0.1, -0.05) is 48.5 Å². The first-order chi connectivity index (χ1) is 16.5. The molecule has 0 aliphatic carbocycles. The first-order valence-electron chi connectivity index (χ1n) is 10.9. The van der Waals surface area contributed by atoms with Crippen molar-refractivity contribution in [1.82, 2.24) is 10.2 Å². The van der Waals surface area contributed by atoms with E-state index in [0.29, 0.717) is 29.8 Å². The molecule has 2 heterocycles. The van der Waals surface area contributed by atoms with E-state index in [-0.39, 0.29) is 0 Å². The van der Waals surface area contributed by atoms with Crippen molar-refractivity contribution in [2.45, 2.75) is 23.3 Å². The van der Waals surface area contributed by atoms with Crippen LogP contribution in [0.15, 0.2) is 77.7 Å². The normalized spacial score (nSPS) is 19.1. The summed E-state index contributed by atoms with van der Waals surface area (Å²) in [5.74, 6) is -0.894. The third-order valence-electron chi connectivity index (χ3n) is 6.14. The van der Waals surface area contributed by atoms with E-state index in [0.717, 1.165) is 20.9 Å². The van der Waals surface area contributed by atoms with E-state index in [1.54, 1.807) is 12.1 Å². The van der Waals surface area contributed by atoms with E-state index in [9.17, 15) is 18.8 Å². The first-order valence-corrected chi connectivity index (χ1v) is 11.9. The molecule has 0 saturated carbocycles. The summed E-state index contributed by atoms with van der Waals surface area (Å²) in [6.45, 7) is -0.427. The third-order valence-corrected chi connectivity index (χ3v) is 7.22. The molecular weight excluding hydrogens is 453 g/mol. The van der Waals surface area contributed by atoms with Crippen LogP contribution in [0.3, 0.4) is 0 Å². The lowest BCUT2D eigenvalue weighted by atomic mass is 9.86. The Bertz CT molecular complexity index is 1280. The van der Waals surface area contributed by atoms with Gasteiger partial charge in [0.05, 0.1) is 0 Å². The molecule has 5 rings (SSSR count). The number of thioether (sulfide) groups is 1. The highest BCUT2D eigenvalue weighted by Crippen LogP contribution is 2.43. The molecule has 3 aromatic rings. The van der Waals surface area contributed by atoms with Crippen LogP contribution >= 0.6 is 11.8 Å². The maximum absolute atomic E-state index is 14.0. The van der Waals surface area contributed by atoms with E-state index in [4.69, 9.17) is 0 Å². The number of halogens is 1. The fourth-order valence-electron chi connectivity index (χ4n) is 4.48. The van der Waals surface area contributed by atoms with Crippen molar-refractivity contribution in [3.63, 3.8) is 0 Å². The average Bonchev–Trinajstić information content (AvgIpc) is 3.06. The molecule has 3 aromatic carbocycles. The maximum Gasteiger partial charge on any atom is 0.325 e. The molecule has 1 fully saturated rings. The number of urea groups is 1. The number of nitrogens with one attached hydrogen (secondary N) is 2. The van der Waals surface area contributed by atoms with Crippen LogP contribution in [0.25, 0.3) is 0 Å². The number of nitrogens with zero attached hydrogens (tertiary/aromatic N) is 1. The fraction of sp³-hybridized carbons (Fsp3) is 0.192. The van der Waals surface area contributed by atoms with Crippen molar-refractivity contribution in [2.24, 2.45) is 0 Å². The van der Waals surface area contributed by atoms with Gasteiger partial charge in [0.25, 0.3) is 5.91 Å². The number of imide groups is 1. The zero-order valence-electron chi connectivity index (χ0n) is 18.2. The van der Waals surface area contributed by atoms with Gasteiger partial charge in [0, 0.05) is 21.9 Å². The average molecular weight is 476 g/mol. The molecule has 2 aliphatic heterocycles. The molecule has 2 aliphatic rings. The second-order valence-corrected chi connectivity index (χ2v) is 9.47. The van der Waals surface area contributed by atoms with Gasteiger partial charge in [-0.15, -0.1) is 11.8 Å². The molecule has 1 saturated heterocycles. The number of carbonyl (C=O) groups excluding carboxylic acids is 3. The zero-order chi connectivity index (χ0) is 23.7. The van der Waals surface area contributed by atoms with Crippen molar-refractivity contribution in [3.8, 4) is 0 Å². The minimum Gasteiger partial charge on any atom is -0.324 e. The van der Waals surface area contributed by atoms with Gasteiger partial charge >= 0.3 is 6.03 Å². The summed E-state index contributed by atoms with van der Waals surface area (Å²) in [6.07, 6.45) is 0.959. The lowest BCUT2D eigenvalue weighted by Crippen LogP contribution is -2.47. The summed E-state index contributed by atoms with van der Waals surface area (Å²) in [6, 6.07) is 20.9. The Hall–Kier alpha value is -3.65. The Balaban J connectivity index is 1.34. The monoisotopic (exact) mass is 475 g/mol. The molecule has 0 radical (unpaired) electrons. The molecule has 0 bridgehead atoms. The number of anilines is 1. The van der Waals surface area contributed by atoms with Crippen LogP contribution in [-0.2, 0) is 21.5 Å². The van der Waals surface area contributed by atoms with Gasteiger partial charge in [0.2, 0.25) is 5.91 Å². The maximum atomic E-state index is 14.0. The number of amides is 4. The van der Waals surface area contributed by atoms with Crippen molar-refractivity contribution in [2.75, 3.05) is 17.6 Å². The quantitative estimate of drug-likeness (QED) is 0.540. The smallest absolute Gasteiger partial charge is 0.324 e. The zero-order valence-corrected chi connectivity index (χ0v) is 19.0. The number of rotatable bonds is 5. The van der Waals surface area contributed by atoms with Crippen LogP contribution in [0.4, 0.5) is 14.9 Å². The predicted molar refractivity (Wildman–Crippen MR) is 128 cm³/mol. The highest BCUT2D eigenvalue weighted by atomic mass is 32.2. The molecule has 172 valence electrons. The molecule has 4 amide bonds. The summed E-state index contributed by atoms with van der Waals surface area (Å²) in [7, 11) is 0. The minimum atomic E-state index is -1.34. The Morgan fingerprint density at radius 3 is 2.65 bits per heavy atom. The van der Waals surface area contributed by atoms with Gasteiger partial charge in [-0.05, 0) is 48.2 Å². The highest BCUT2D eigenvalue weighted by Gasteiger charge is 2.54. The van der Waals surface area contributed by atoms with Gasteiger partial charge in [-0.25, -0.2) is 9.18 Å². The Morgan fingerprint density at radius 2 is 1.82 bits per heavy atom. The second-order valence-electron chi connectivity index (χ2n) is 8.33. The highest BCUT2D eigenvalue weighted by molar-refractivity contribution is 7.99. The van der Waals surface area contributed by atoms with E-state index in [1.165, 1.54) is 23.9 Å². The molecule has 8 heteroatoms. The van der Waals surface area contributed by atoms with Crippen LogP contribution in [0.1, 0.15) is 23.1 Å². The largest absolute Gasteiger partial charge is 0.325 e. The summed E-state index contributed by atoms with van der Waals surface area (Å²) in [4.78, 5) is 40.7. The van der Waals surface area contributed by atoms with Crippen LogP contribution in [-0.4, -0.2) is 35.0 Å². The number of fused-ring (bicyclic) bond motifs is 2. The van der Waals surface area contributed by atoms with Crippen molar-refractivity contribution in [3.05, 3.63) is 95.3 Å². The van der Waals surface area contributed by atoms with E-state index < -0.39 is 35.7 Å². The van der Waals surface area contributed by atoms with Gasteiger partial charge in [0.15, 0.2) is 0 Å². The second kappa shape index (κ2) is 8.95. The van der Waals surface area contributed by atoms with Crippen LogP contribution in [0, 0.1) is 5.82 Å². The van der Waals surface area contributed by atoms with Crippen molar-refractivity contribution >= 4 is 35.3 Å². The van der Waals surface area contributed by atoms with Crippen LogP contribution in [0.2, 0.25) is 0 Å². The van der Waals surface area contributed by atoms with E-state index in [2.05, 4.69) is 10.6 Å². The lowest BCUT2D eigenvalue weighted by molar-refractivity contribution is -0.134. The Morgan fingerprint density at radius 1 is 1.06 bits per heavy atom. The molecule has 6 nitrogen and oxygen atoms in total. The Labute approximate surface area is 200 Å². The number of benzene rings is 3. The SMILES string of the molecule is O=C(CN1C(=O)NC2(CCSc3ccc(F)cc32)C1=O)Nc1ccccc1Cc1ccccc1. The molecule has 1 unspecified atom stereocenters. The van der Waals surface area contributed by atoms with Gasteiger partial charge in [-0.2, -0.15) is 0 Å². The fourth-order valence-corrected chi connectivity index (χ4v) is 5.66. The van der Waals surface area contributed by atoms with Crippen LogP contribution < -0.4 is 10.6 Å². The number of hydrogen-bond acceptors (Lipinski definition) is 4. The molecule has 0 aromatic heterocycles. The van der Waals surface area contributed by atoms with E-state index in [1.807, 2.05) is 48.5 Å². The summed E-state index contributed by atoms with van der Waals surface area (Å²) in [5.41, 5.74) is 1.74. The summed E-state index contributed by atoms with van der Waals surface area (Å²) >= 11 is 1.51. The molecule has 1 atom stereocenters.